The third-order valence-corrected chi connectivity index (χ3v) is 2.26. The molecule has 1 rings (SSSR count). The van der Waals surface area contributed by atoms with Crippen molar-refractivity contribution in [3.05, 3.63) is 29.3 Å². The first-order chi connectivity index (χ1) is 8.24. The molecule has 0 fully saturated rings. The van der Waals surface area contributed by atoms with Crippen LogP contribution in [0.5, 0.6) is 0 Å². The quantitative estimate of drug-likeness (QED) is 0.845. The molecule has 0 radical (unpaired) electrons. The van der Waals surface area contributed by atoms with E-state index < -0.39 is 30.0 Å². The Morgan fingerprint density at radius 3 is 2.06 bits per heavy atom. The van der Waals surface area contributed by atoms with Crippen LogP contribution in [0.4, 0.5) is 27.6 Å². The number of rotatable bonds is 4. The first-order valence-corrected chi connectivity index (χ1v) is 5.15. The minimum absolute atomic E-state index is 0.233. The summed E-state index contributed by atoms with van der Waals surface area (Å²) in [6, 6.07) is 2.03. The highest BCUT2D eigenvalue weighted by Gasteiger charge is 2.31. The van der Waals surface area contributed by atoms with Gasteiger partial charge in [0.25, 0.3) is 0 Å². The van der Waals surface area contributed by atoms with E-state index in [4.69, 9.17) is 0 Å². The number of hydrogen-bond acceptors (Lipinski definition) is 2. The summed E-state index contributed by atoms with van der Waals surface area (Å²) in [6.07, 6.45) is -4.52. The van der Waals surface area contributed by atoms with Crippen LogP contribution in [-0.2, 0) is 6.54 Å². The molecule has 0 aromatic heterocycles. The fourth-order valence-electron chi connectivity index (χ4n) is 1.64. The van der Waals surface area contributed by atoms with E-state index in [0.717, 1.165) is 19.2 Å². The van der Waals surface area contributed by atoms with Gasteiger partial charge in [0.2, 0.25) is 0 Å². The highest BCUT2D eigenvalue weighted by atomic mass is 19.4. The summed E-state index contributed by atoms with van der Waals surface area (Å²) in [7, 11) is 2.59. The smallest absolute Gasteiger partial charge is 0.361 e. The van der Waals surface area contributed by atoms with Crippen molar-refractivity contribution >= 4 is 5.69 Å². The van der Waals surface area contributed by atoms with E-state index in [1.54, 1.807) is 7.05 Å². The van der Waals surface area contributed by atoms with Gasteiger partial charge in [-0.25, -0.2) is 8.78 Å². The van der Waals surface area contributed by atoms with Gasteiger partial charge in [0.1, 0.15) is 23.9 Å². The summed E-state index contributed by atoms with van der Waals surface area (Å²) in [4.78, 5) is 0.508. The zero-order valence-electron chi connectivity index (χ0n) is 9.91. The second kappa shape index (κ2) is 5.51. The van der Waals surface area contributed by atoms with Gasteiger partial charge < -0.3 is 10.2 Å². The zero-order valence-corrected chi connectivity index (χ0v) is 9.91. The van der Waals surface area contributed by atoms with Gasteiger partial charge in [-0.2, -0.15) is 13.2 Å². The molecule has 1 aromatic carbocycles. The second-order valence-corrected chi connectivity index (χ2v) is 3.91. The molecule has 1 N–H and O–H groups in total. The predicted octanol–water partition coefficient (Wildman–Crippen LogP) is 2.68. The molecule has 1 aromatic rings. The van der Waals surface area contributed by atoms with Crippen LogP contribution in [-0.4, -0.2) is 26.8 Å². The summed E-state index contributed by atoms with van der Waals surface area (Å²) >= 11 is 0. The first kappa shape index (κ1) is 14.7. The molecule has 0 saturated carbocycles. The van der Waals surface area contributed by atoms with Crippen molar-refractivity contribution in [3.63, 3.8) is 0 Å². The lowest BCUT2D eigenvalue weighted by molar-refractivity contribution is -0.119. The van der Waals surface area contributed by atoms with Crippen molar-refractivity contribution in [1.82, 2.24) is 5.32 Å². The van der Waals surface area contributed by atoms with Crippen molar-refractivity contribution in [2.45, 2.75) is 12.7 Å². The van der Waals surface area contributed by atoms with Crippen LogP contribution in [0.1, 0.15) is 5.56 Å². The number of benzene rings is 1. The van der Waals surface area contributed by atoms with Gasteiger partial charge in [-0.15, -0.1) is 0 Å². The number of anilines is 1. The van der Waals surface area contributed by atoms with Gasteiger partial charge in [-0.05, 0) is 24.7 Å². The van der Waals surface area contributed by atoms with E-state index in [-0.39, 0.29) is 6.54 Å². The maximum atomic E-state index is 13.6. The SMILES string of the molecule is CNCc1cc(F)c(N(C)CC(F)(F)F)c(F)c1. The molecule has 18 heavy (non-hydrogen) atoms. The van der Waals surface area contributed by atoms with Crippen molar-refractivity contribution in [2.24, 2.45) is 0 Å². The van der Waals surface area contributed by atoms with Crippen molar-refractivity contribution < 1.29 is 22.0 Å². The van der Waals surface area contributed by atoms with E-state index in [1.807, 2.05) is 0 Å². The van der Waals surface area contributed by atoms with E-state index in [2.05, 4.69) is 5.32 Å². The van der Waals surface area contributed by atoms with Gasteiger partial charge in [0.05, 0.1) is 0 Å². The topological polar surface area (TPSA) is 15.3 Å². The van der Waals surface area contributed by atoms with Crippen LogP contribution in [0.15, 0.2) is 12.1 Å². The molecule has 0 bridgehead atoms. The van der Waals surface area contributed by atoms with Gasteiger partial charge >= 0.3 is 6.18 Å². The average Bonchev–Trinajstić information content (AvgIpc) is 2.13. The molecule has 0 atom stereocenters. The number of alkyl halides is 3. The van der Waals surface area contributed by atoms with Crippen molar-refractivity contribution in [2.75, 3.05) is 25.5 Å². The normalized spacial score (nSPS) is 11.7. The predicted molar refractivity (Wildman–Crippen MR) is 58.4 cm³/mol. The Morgan fingerprint density at radius 2 is 1.67 bits per heavy atom. The fourth-order valence-corrected chi connectivity index (χ4v) is 1.64. The van der Waals surface area contributed by atoms with E-state index >= 15 is 0 Å². The maximum absolute atomic E-state index is 13.6. The molecule has 0 aliphatic heterocycles. The average molecular weight is 268 g/mol. The van der Waals surface area contributed by atoms with Crippen LogP contribution >= 0.6 is 0 Å². The second-order valence-electron chi connectivity index (χ2n) is 3.91. The van der Waals surface area contributed by atoms with Crippen molar-refractivity contribution in [3.8, 4) is 0 Å². The molecule has 0 heterocycles. The molecular weight excluding hydrogens is 255 g/mol. The van der Waals surface area contributed by atoms with E-state index in [9.17, 15) is 22.0 Å². The molecule has 0 spiro atoms. The molecule has 102 valence electrons. The molecule has 0 unspecified atom stereocenters. The number of nitrogens with zero attached hydrogens (tertiary/aromatic N) is 1. The highest BCUT2D eigenvalue weighted by Crippen LogP contribution is 2.27. The molecular formula is C11H13F5N2. The number of nitrogens with one attached hydrogen (secondary N) is 1. The lowest BCUT2D eigenvalue weighted by Gasteiger charge is -2.22. The fraction of sp³-hybridized carbons (Fsp3) is 0.455. The molecule has 0 saturated heterocycles. The monoisotopic (exact) mass is 268 g/mol. The Hall–Kier alpha value is -1.37. The third-order valence-electron chi connectivity index (χ3n) is 2.26. The van der Waals surface area contributed by atoms with Crippen LogP contribution < -0.4 is 10.2 Å². The lowest BCUT2D eigenvalue weighted by Crippen LogP contribution is -2.32. The minimum Gasteiger partial charge on any atom is -0.361 e. The Morgan fingerprint density at radius 1 is 1.17 bits per heavy atom. The standard InChI is InChI=1S/C11H13F5N2/c1-17-5-7-3-8(12)10(9(13)4-7)18(2)6-11(14,15)16/h3-4,17H,5-6H2,1-2H3. The summed E-state index contributed by atoms with van der Waals surface area (Å²) in [6.45, 7) is -1.18. The van der Waals surface area contributed by atoms with Gasteiger partial charge in [0.15, 0.2) is 0 Å². The summed E-state index contributed by atoms with van der Waals surface area (Å²) in [5, 5.41) is 2.70. The van der Waals surface area contributed by atoms with Crippen LogP contribution in [0.25, 0.3) is 0 Å². The molecule has 2 nitrogen and oxygen atoms in total. The first-order valence-electron chi connectivity index (χ1n) is 5.15. The van der Waals surface area contributed by atoms with E-state index in [0.29, 0.717) is 10.5 Å². The summed E-state index contributed by atoms with van der Waals surface area (Å²) < 4.78 is 63.6. The molecule has 0 amide bonds. The summed E-state index contributed by atoms with van der Waals surface area (Å²) in [5.41, 5.74) is -0.344. The number of hydrogen-bond donors (Lipinski definition) is 1. The molecule has 0 aliphatic carbocycles. The Bertz CT molecular complexity index is 393. The number of halogens is 5. The molecule has 0 aliphatic rings. The lowest BCUT2D eigenvalue weighted by atomic mass is 10.1. The van der Waals surface area contributed by atoms with Gasteiger partial charge in [-0.1, -0.05) is 0 Å². The molecule has 7 heteroatoms. The van der Waals surface area contributed by atoms with Crippen molar-refractivity contribution in [1.29, 1.82) is 0 Å². The third kappa shape index (κ3) is 3.83. The van der Waals surface area contributed by atoms with Gasteiger partial charge in [-0.3, -0.25) is 0 Å². The highest BCUT2D eigenvalue weighted by molar-refractivity contribution is 5.50. The van der Waals surface area contributed by atoms with Crippen LogP contribution in [0, 0.1) is 11.6 Å². The minimum atomic E-state index is -4.52. The largest absolute Gasteiger partial charge is 0.405 e. The zero-order chi connectivity index (χ0) is 13.9. The van der Waals surface area contributed by atoms with E-state index in [1.165, 1.54) is 0 Å². The summed E-state index contributed by atoms with van der Waals surface area (Å²) in [5.74, 6) is -2.01. The van der Waals surface area contributed by atoms with Gasteiger partial charge in [0, 0.05) is 13.6 Å². The maximum Gasteiger partial charge on any atom is 0.405 e. The van der Waals surface area contributed by atoms with Crippen LogP contribution in [0.3, 0.4) is 0 Å². The Kier molecular flexibility index (Phi) is 4.50. The Labute approximate surface area is 101 Å². The Balaban J connectivity index is 3.02. The van der Waals surface area contributed by atoms with Crippen LogP contribution in [0.2, 0.25) is 0 Å².